The number of hydrogen-bond donors (Lipinski definition) is 0. The number of nitro benzene ring substituents is 1. The Morgan fingerprint density at radius 1 is 1.36 bits per heavy atom. The summed E-state index contributed by atoms with van der Waals surface area (Å²) in [5.41, 5.74) is 0.456. The Morgan fingerprint density at radius 3 is 2.80 bits per heavy atom. The third kappa shape index (κ3) is 3.31. The Hall–Kier alpha value is -2.58. The number of aryl methyl sites for hydroxylation is 1. The van der Waals surface area contributed by atoms with Crippen LogP contribution in [0.2, 0.25) is 5.02 Å². The van der Waals surface area contributed by atoms with Crippen LogP contribution in [0.15, 0.2) is 41.4 Å². The molecule has 0 N–H and O–H groups in total. The number of amides is 1. The molecule has 0 saturated heterocycles. The van der Waals surface area contributed by atoms with E-state index in [9.17, 15) is 19.3 Å². The molecule has 3 aromatic rings. The number of non-ortho nitro benzene ring substituents is 1. The number of thiazole rings is 1. The van der Waals surface area contributed by atoms with E-state index in [4.69, 9.17) is 11.6 Å². The Kier molecular flexibility index (Phi) is 4.65. The zero-order chi connectivity index (χ0) is 18.1. The van der Waals surface area contributed by atoms with Crippen LogP contribution in [0, 0.1) is 15.9 Å². The van der Waals surface area contributed by atoms with Gasteiger partial charge in [-0.15, -0.1) is 0 Å². The lowest BCUT2D eigenvalue weighted by Gasteiger charge is -2.01. The summed E-state index contributed by atoms with van der Waals surface area (Å²) in [6.07, 6.45) is 0. The van der Waals surface area contributed by atoms with Gasteiger partial charge in [0.25, 0.3) is 11.6 Å². The average molecular weight is 380 g/mol. The second-order valence-corrected chi connectivity index (χ2v) is 6.50. The van der Waals surface area contributed by atoms with Crippen molar-refractivity contribution in [1.29, 1.82) is 0 Å². The second kappa shape index (κ2) is 6.73. The predicted octanol–water partition coefficient (Wildman–Crippen LogP) is 4.16. The van der Waals surface area contributed by atoms with Crippen molar-refractivity contribution in [3.05, 3.63) is 67.7 Å². The van der Waals surface area contributed by atoms with E-state index in [0.717, 1.165) is 22.9 Å². The summed E-state index contributed by atoms with van der Waals surface area (Å²) in [6, 6.07) is 7.93. The van der Waals surface area contributed by atoms with Gasteiger partial charge in [-0.05, 0) is 31.2 Å². The van der Waals surface area contributed by atoms with Gasteiger partial charge >= 0.3 is 0 Å². The highest BCUT2D eigenvalue weighted by atomic mass is 35.5. The van der Waals surface area contributed by atoms with Crippen LogP contribution in [0.1, 0.15) is 17.3 Å². The number of hydrogen-bond acceptors (Lipinski definition) is 4. The first-order valence-electron chi connectivity index (χ1n) is 7.22. The van der Waals surface area contributed by atoms with Crippen molar-refractivity contribution in [3.63, 3.8) is 0 Å². The van der Waals surface area contributed by atoms with Gasteiger partial charge in [0.2, 0.25) is 0 Å². The number of rotatable bonds is 3. The molecule has 25 heavy (non-hydrogen) atoms. The van der Waals surface area contributed by atoms with E-state index >= 15 is 0 Å². The molecule has 0 saturated carbocycles. The summed E-state index contributed by atoms with van der Waals surface area (Å²) < 4.78 is 15.8. The highest BCUT2D eigenvalue weighted by Crippen LogP contribution is 2.23. The van der Waals surface area contributed by atoms with Crippen LogP contribution in [0.5, 0.6) is 0 Å². The molecule has 1 aromatic heterocycles. The molecule has 0 bridgehead atoms. The largest absolute Gasteiger partial charge is 0.317 e. The Balaban J connectivity index is 2.15. The van der Waals surface area contributed by atoms with E-state index in [2.05, 4.69) is 4.99 Å². The maximum absolute atomic E-state index is 13.4. The van der Waals surface area contributed by atoms with Gasteiger partial charge in [-0.1, -0.05) is 22.9 Å². The molecule has 0 aliphatic rings. The number of nitrogens with zero attached hydrogens (tertiary/aromatic N) is 3. The number of carbonyl (C=O) groups excluding carboxylic acids is 1. The summed E-state index contributed by atoms with van der Waals surface area (Å²) >= 11 is 7.14. The highest BCUT2D eigenvalue weighted by Gasteiger charge is 2.16. The van der Waals surface area contributed by atoms with Crippen molar-refractivity contribution in [2.24, 2.45) is 4.99 Å². The molecule has 6 nitrogen and oxygen atoms in total. The lowest BCUT2D eigenvalue weighted by molar-refractivity contribution is -0.384. The molecular weight excluding hydrogens is 369 g/mol. The lowest BCUT2D eigenvalue weighted by atomic mass is 10.2. The van der Waals surface area contributed by atoms with Crippen LogP contribution < -0.4 is 4.80 Å². The van der Waals surface area contributed by atoms with Crippen molar-refractivity contribution >= 4 is 44.7 Å². The standard InChI is InChI=1S/C16H11ClFN3O3S/c1-2-20-13-6-3-9(18)7-14(13)25-16(20)19-15(22)11-8-10(21(23)24)4-5-12(11)17/h3-8H,2H2,1H3. The molecule has 0 atom stereocenters. The van der Waals surface area contributed by atoms with Crippen LogP contribution in [0.3, 0.4) is 0 Å². The van der Waals surface area contributed by atoms with Gasteiger partial charge in [-0.25, -0.2) is 4.39 Å². The van der Waals surface area contributed by atoms with Crippen molar-refractivity contribution in [1.82, 2.24) is 4.57 Å². The van der Waals surface area contributed by atoms with Crippen molar-refractivity contribution in [2.45, 2.75) is 13.5 Å². The minimum atomic E-state index is -0.692. The third-order valence-electron chi connectivity index (χ3n) is 3.55. The zero-order valence-electron chi connectivity index (χ0n) is 12.9. The number of carbonyl (C=O) groups is 1. The van der Waals surface area contributed by atoms with Crippen molar-refractivity contribution in [3.8, 4) is 0 Å². The van der Waals surface area contributed by atoms with Gasteiger partial charge in [0.15, 0.2) is 4.80 Å². The molecule has 0 radical (unpaired) electrons. The maximum atomic E-state index is 13.4. The average Bonchev–Trinajstić information content (AvgIpc) is 2.90. The zero-order valence-corrected chi connectivity index (χ0v) is 14.5. The highest BCUT2D eigenvalue weighted by molar-refractivity contribution is 7.16. The fourth-order valence-electron chi connectivity index (χ4n) is 2.38. The van der Waals surface area contributed by atoms with Gasteiger partial charge in [0.05, 0.1) is 25.7 Å². The SMILES string of the molecule is CCn1c(=NC(=O)c2cc([N+](=O)[O-])ccc2Cl)sc2cc(F)ccc21. The maximum Gasteiger partial charge on any atom is 0.281 e. The molecule has 0 unspecified atom stereocenters. The quantitative estimate of drug-likeness (QED) is 0.506. The smallest absolute Gasteiger partial charge is 0.281 e. The minimum absolute atomic E-state index is 0.0536. The molecule has 3 rings (SSSR count). The fraction of sp³-hybridized carbons (Fsp3) is 0.125. The van der Waals surface area contributed by atoms with Crippen molar-refractivity contribution in [2.75, 3.05) is 0 Å². The molecule has 1 amide bonds. The van der Waals surface area contributed by atoms with E-state index in [1.165, 1.54) is 24.3 Å². The molecule has 0 aliphatic heterocycles. The van der Waals surface area contributed by atoms with E-state index in [-0.39, 0.29) is 22.1 Å². The number of benzene rings is 2. The first-order valence-corrected chi connectivity index (χ1v) is 8.42. The van der Waals surface area contributed by atoms with Gasteiger partial charge in [-0.3, -0.25) is 14.9 Å². The molecule has 2 aromatic carbocycles. The molecular formula is C16H11ClFN3O3S. The molecule has 128 valence electrons. The summed E-state index contributed by atoms with van der Waals surface area (Å²) in [5, 5.41) is 11.0. The Labute approximate surface area is 150 Å². The van der Waals surface area contributed by atoms with Crippen LogP contribution in [0.4, 0.5) is 10.1 Å². The normalized spacial score (nSPS) is 11.9. The molecule has 0 fully saturated rings. The molecule has 0 aliphatic carbocycles. The topological polar surface area (TPSA) is 77.5 Å². The Bertz CT molecular complexity index is 1070. The van der Waals surface area contributed by atoms with Crippen molar-refractivity contribution < 1.29 is 14.1 Å². The number of halogens is 2. The summed E-state index contributed by atoms with van der Waals surface area (Å²) in [4.78, 5) is 27.1. The number of nitro groups is 1. The minimum Gasteiger partial charge on any atom is -0.317 e. The number of aromatic nitrogens is 1. The van der Waals surface area contributed by atoms with Gasteiger partial charge in [0, 0.05) is 18.7 Å². The first kappa shape index (κ1) is 17.2. The molecule has 9 heteroatoms. The number of fused-ring (bicyclic) bond motifs is 1. The molecule has 0 spiro atoms. The van der Waals surface area contributed by atoms with E-state index < -0.39 is 10.8 Å². The van der Waals surface area contributed by atoms with Gasteiger partial charge < -0.3 is 4.57 Å². The summed E-state index contributed by atoms with van der Waals surface area (Å²) in [7, 11) is 0. The van der Waals surface area contributed by atoms with Crippen LogP contribution in [-0.4, -0.2) is 15.4 Å². The first-order chi connectivity index (χ1) is 11.9. The monoisotopic (exact) mass is 379 g/mol. The van der Waals surface area contributed by atoms with Gasteiger partial charge in [-0.2, -0.15) is 4.99 Å². The fourth-order valence-corrected chi connectivity index (χ4v) is 3.69. The third-order valence-corrected chi connectivity index (χ3v) is 4.92. The lowest BCUT2D eigenvalue weighted by Crippen LogP contribution is -2.16. The summed E-state index contributed by atoms with van der Waals surface area (Å²) in [6.45, 7) is 2.40. The van der Waals surface area contributed by atoms with Crippen LogP contribution in [-0.2, 0) is 6.54 Å². The Morgan fingerprint density at radius 2 is 2.12 bits per heavy atom. The van der Waals surface area contributed by atoms with Crippen LogP contribution in [0.25, 0.3) is 10.2 Å². The predicted molar refractivity (Wildman–Crippen MR) is 93.4 cm³/mol. The van der Waals surface area contributed by atoms with Gasteiger partial charge in [0.1, 0.15) is 5.82 Å². The van der Waals surface area contributed by atoms with E-state index in [1.54, 1.807) is 10.6 Å². The summed E-state index contributed by atoms with van der Waals surface area (Å²) in [5.74, 6) is -1.07. The van der Waals surface area contributed by atoms with E-state index in [1.807, 2.05) is 6.92 Å². The van der Waals surface area contributed by atoms with E-state index in [0.29, 0.717) is 16.0 Å². The molecule has 1 heterocycles. The second-order valence-electron chi connectivity index (χ2n) is 5.08. The van der Waals surface area contributed by atoms with Crippen LogP contribution >= 0.6 is 22.9 Å².